The molecule has 1 aromatic heterocycles. The number of alkyl halides is 2. The first kappa shape index (κ1) is 17.5. The molecule has 0 atom stereocenters. The molecule has 3 aromatic rings. The van der Waals surface area contributed by atoms with Gasteiger partial charge in [0.15, 0.2) is 0 Å². The van der Waals surface area contributed by atoms with Crippen LogP contribution in [0.25, 0.3) is 10.9 Å². The van der Waals surface area contributed by atoms with Gasteiger partial charge in [-0.15, -0.1) is 0 Å². The summed E-state index contributed by atoms with van der Waals surface area (Å²) in [6.07, 6.45) is 3.96. The predicted octanol–water partition coefficient (Wildman–Crippen LogP) is 5.44. The van der Waals surface area contributed by atoms with Gasteiger partial charge in [0, 0.05) is 34.1 Å². The van der Waals surface area contributed by atoms with Gasteiger partial charge in [0.05, 0.1) is 0 Å². The molecule has 3 nitrogen and oxygen atoms in total. The van der Waals surface area contributed by atoms with Crippen molar-refractivity contribution in [1.82, 2.24) is 4.98 Å². The van der Waals surface area contributed by atoms with Crippen LogP contribution in [0.5, 0.6) is 0 Å². The van der Waals surface area contributed by atoms with Crippen LogP contribution in [0.15, 0.2) is 59.6 Å². The van der Waals surface area contributed by atoms with E-state index >= 15 is 0 Å². The lowest BCUT2D eigenvalue weighted by Gasteiger charge is -2.06. The molecule has 130 valence electrons. The zero-order valence-corrected chi connectivity index (χ0v) is 14.3. The van der Waals surface area contributed by atoms with Crippen molar-refractivity contribution in [3.8, 4) is 0 Å². The standard InChI is InChI=1S/C19H18F2N2OS/c20-19(21)25-15-10-8-14(9-11-15)23-18(24)7-3-4-13-12-22-17-6-2-1-5-16(13)17/h1-2,5-6,8-12,19,22H,3-4,7H2,(H,23,24). The molecule has 0 fully saturated rings. The molecule has 2 N–H and O–H groups in total. The monoisotopic (exact) mass is 360 g/mol. The maximum atomic E-state index is 12.3. The van der Waals surface area contributed by atoms with E-state index in [0.717, 1.165) is 18.4 Å². The Morgan fingerprint density at radius 1 is 1.12 bits per heavy atom. The molecule has 0 spiro atoms. The first-order valence-corrected chi connectivity index (χ1v) is 8.89. The van der Waals surface area contributed by atoms with Crippen molar-refractivity contribution in [3.05, 3.63) is 60.3 Å². The topological polar surface area (TPSA) is 44.9 Å². The third kappa shape index (κ3) is 4.82. The van der Waals surface area contributed by atoms with Crippen LogP contribution in [0.3, 0.4) is 0 Å². The van der Waals surface area contributed by atoms with Gasteiger partial charge >= 0.3 is 0 Å². The maximum Gasteiger partial charge on any atom is 0.288 e. The number of aromatic nitrogens is 1. The molecule has 0 aliphatic rings. The number of rotatable bonds is 7. The molecule has 0 unspecified atom stereocenters. The number of benzene rings is 2. The van der Waals surface area contributed by atoms with Crippen molar-refractivity contribution in [2.75, 3.05) is 5.32 Å². The first-order chi connectivity index (χ1) is 12.1. The highest BCUT2D eigenvalue weighted by atomic mass is 32.2. The number of hydrogen-bond acceptors (Lipinski definition) is 2. The molecular weight excluding hydrogens is 342 g/mol. The highest BCUT2D eigenvalue weighted by Gasteiger charge is 2.07. The minimum Gasteiger partial charge on any atom is -0.361 e. The van der Waals surface area contributed by atoms with Crippen LogP contribution in [0.1, 0.15) is 18.4 Å². The maximum absolute atomic E-state index is 12.3. The summed E-state index contributed by atoms with van der Waals surface area (Å²) in [6, 6.07) is 14.5. The smallest absolute Gasteiger partial charge is 0.288 e. The van der Waals surface area contributed by atoms with E-state index < -0.39 is 5.76 Å². The fourth-order valence-electron chi connectivity index (χ4n) is 2.72. The van der Waals surface area contributed by atoms with E-state index in [9.17, 15) is 13.6 Å². The predicted molar refractivity (Wildman–Crippen MR) is 98.2 cm³/mol. The number of H-pyrrole nitrogens is 1. The summed E-state index contributed by atoms with van der Waals surface area (Å²) in [5, 5.41) is 3.99. The second-order valence-electron chi connectivity index (χ2n) is 5.66. The van der Waals surface area contributed by atoms with Gasteiger partial charge in [-0.1, -0.05) is 30.0 Å². The molecule has 1 amide bonds. The third-order valence-electron chi connectivity index (χ3n) is 3.89. The number of aryl methyl sites for hydroxylation is 1. The molecule has 6 heteroatoms. The van der Waals surface area contributed by atoms with Gasteiger partial charge < -0.3 is 10.3 Å². The highest BCUT2D eigenvalue weighted by molar-refractivity contribution is 7.99. The Bertz CT molecular complexity index is 846. The average Bonchev–Trinajstić information content (AvgIpc) is 3.00. The Hall–Kier alpha value is -2.34. The highest BCUT2D eigenvalue weighted by Crippen LogP contribution is 2.26. The van der Waals surface area contributed by atoms with E-state index in [1.54, 1.807) is 24.3 Å². The molecule has 0 saturated carbocycles. The van der Waals surface area contributed by atoms with Crippen molar-refractivity contribution in [2.24, 2.45) is 0 Å². The van der Waals surface area contributed by atoms with Crippen molar-refractivity contribution in [2.45, 2.75) is 29.9 Å². The number of anilines is 1. The molecule has 1 heterocycles. The zero-order chi connectivity index (χ0) is 17.6. The third-order valence-corrected chi connectivity index (χ3v) is 4.61. The van der Waals surface area contributed by atoms with Crippen molar-refractivity contribution in [3.63, 3.8) is 0 Å². The van der Waals surface area contributed by atoms with Crippen LogP contribution in [-0.2, 0) is 11.2 Å². The van der Waals surface area contributed by atoms with Crippen LogP contribution in [-0.4, -0.2) is 16.6 Å². The number of para-hydroxylation sites is 1. The van der Waals surface area contributed by atoms with Gasteiger partial charge in [0.2, 0.25) is 5.91 Å². The van der Waals surface area contributed by atoms with E-state index in [0.29, 0.717) is 28.8 Å². The SMILES string of the molecule is O=C(CCCc1c[nH]c2ccccc12)Nc1ccc(SC(F)F)cc1. The van der Waals surface area contributed by atoms with Gasteiger partial charge in [-0.25, -0.2) is 0 Å². The van der Waals surface area contributed by atoms with Gasteiger partial charge in [0.1, 0.15) is 0 Å². The summed E-state index contributed by atoms with van der Waals surface area (Å²) in [6.45, 7) is 0. The zero-order valence-electron chi connectivity index (χ0n) is 13.5. The Morgan fingerprint density at radius 2 is 1.88 bits per heavy atom. The van der Waals surface area contributed by atoms with Gasteiger partial charge in [-0.3, -0.25) is 4.79 Å². The molecule has 2 aromatic carbocycles. The van der Waals surface area contributed by atoms with E-state index in [2.05, 4.69) is 16.4 Å². The number of amides is 1. The largest absolute Gasteiger partial charge is 0.361 e. The lowest BCUT2D eigenvalue weighted by molar-refractivity contribution is -0.116. The molecule has 0 saturated heterocycles. The molecule has 0 aliphatic carbocycles. The number of halogens is 2. The van der Waals surface area contributed by atoms with Crippen LogP contribution >= 0.6 is 11.8 Å². The molecule has 0 bridgehead atoms. The summed E-state index contributed by atoms with van der Waals surface area (Å²) in [7, 11) is 0. The summed E-state index contributed by atoms with van der Waals surface area (Å²) >= 11 is 0.490. The van der Waals surface area contributed by atoms with Crippen LogP contribution in [0.4, 0.5) is 14.5 Å². The normalized spacial score (nSPS) is 11.2. The molecule has 25 heavy (non-hydrogen) atoms. The molecule has 3 rings (SSSR count). The molecule has 0 aliphatic heterocycles. The number of nitrogens with one attached hydrogen (secondary N) is 2. The number of fused-ring (bicyclic) bond motifs is 1. The Morgan fingerprint density at radius 3 is 2.64 bits per heavy atom. The average molecular weight is 360 g/mol. The van der Waals surface area contributed by atoms with Crippen LogP contribution in [0, 0.1) is 0 Å². The minimum atomic E-state index is -2.44. The number of thioether (sulfide) groups is 1. The van der Waals surface area contributed by atoms with Crippen molar-refractivity contribution >= 4 is 34.3 Å². The lowest BCUT2D eigenvalue weighted by atomic mass is 10.1. The Labute approximate surface area is 148 Å². The summed E-state index contributed by atoms with van der Waals surface area (Å²) in [4.78, 5) is 15.7. The van der Waals surface area contributed by atoms with Crippen molar-refractivity contribution in [1.29, 1.82) is 0 Å². The Balaban J connectivity index is 1.48. The van der Waals surface area contributed by atoms with Gasteiger partial charge in [-0.2, -0.15) is 8.78 Å². The second-order valence-corrected chi connectivity index (χ2v) is 6.73. The fraction of sp³-hybridized carbons (Fsp3) is 0.211. The molecule has 0 radical (unpaired) electrons. The first-order valence-electron chi connectivity index (χ1n) is 8.01. The van der Waals surface area contributed by atoms with E-state index in [1.807, 2.05) is 24.4 Å². The summed E-state index contributed by atoms with van der Waals surface area (Å²) < 4.78 is 24.6. The summed E-state index contributed by atoms with van der Waals surface area (Å²) in [5.74, 6) is -2.51. The summed E-state index contributed by atoms with van der Waals surface area (Å²) in [5.41, 5.74) is 2.93. The fourth-order valence-corrected chi connectivity index (χ4v) is 3.22. The van der Waals surface area contributed by atoms with Gasteiger partial charge in [0.25, 0.3) is 5.76 Å². The van der Waals surface area contributed by atoms with Crippen LogP contribution in [0.2, 0.25) is 0 Å². The van der Waals surface area contributed by atoms with E-state index in [4.69, 9.17) is 0 Å². The molecular formula is C19H18F2N2OS. The Kier molecular flexibility index (Phi) is 5.71. The minimum absolute atomic E-state index is 0.0749. The number of aromatic amines is 1. The lowest BCUT2D eigenvalue weighted by Crippen LogP contribution is -2.11. The number of hydrogen-bond donors (Lipinski definition) is 2. The second kappa shape index (κ2) is 8.16. The number of carbonyl (C=O) groups is 1. The van der Waals surface area contributed by atoms with Crippen LogP contribution < -0.4 is 5.32 Å². The van der Waals surface area contributed by atoms with Gasteiger partial charge in [-0.05, 0) is 48.7 Å². The van der Waals surface area contributed by atoms with E-state index in [-0.39, 0.29) is 5.91 Å². The number of carbonyl (C=O) groups excluding carboxylic acids is 1. The van der Waals surface area contributed by atoms with E-state index in [1.165, 1.54) is 10.9 Å². The van der Waals surface area contributed by atoms with Crippen molar-refractivity contribution < 1.29 is 13.6 Å². The quantitative estimate of drug-likeness (QED) is 0.551.